The first-order valence-electron chi connectivity index (χ1n) is 4.63. The zero-order valence-electron chi connectivity index (χ0n) is 9.22. The van der Waals surface area contributed by atoms with Crippen molar-refractivity contribution >= 4 is 18.6 Å². The summed E-state index contributed by atoms with van der Waals surface area (Å²) in [6, 6.07) is 4.80. The molecule has 17 heavy (non-hydrogen) atoms. The number of rotatable bonds is 4. The molecule has 0 bridgehead atoms. The van der Waals surface area contributed by atoms with Gasteiger partial charge in [-0.25, -0.2) is 4.39 Å². The Morgan fingerprint density at radius 2 is 1.71 bits per heavy atom. The van der Waals surface area contributed by atoms with E-state index in [1.807, 2.05) is 0 Å². The molecular weight excluding hydrogens is 264 g/mol. The normalized spacial score (nSPS) is 10.6. The molecule has 0 spiro atoms. The molecule has 0 saturated carbocycles. The Balaban J connectivity index is 0.00000256. The summed E-state index contributed by atoms with van der Waals surface area (Å²) in [7, 11) is 0. The maximum Gasteiger partial charge on any atom is 1.00 e. The van der Waals surface area contributed by atoms with Crippen LogP contribution in [0.25, 0.3) is 0 Å². The molecule has 1 rings (SSSR count). The van der Waals surface area contributed by atoms with Crippen LogP contribution in [0.3, 0.4) is 0 Å². The molecule has 8 heteroatoms. The van der Waals surface area contributed by atoms with E-state index < -0.39 is 31.4 Å². The van der Waals surface area contributed by atoms with E-state index in [9.17, 15) is 22.1 Å². The minimum absolute atomic E-state index is 0. The Morgan fingerprint density at radius 1 is 1.18 bits per heavy atom. The number of halogens is 4. The SMILES string of the molecule is O=C(CC[B-](F)(F)F)Nc1ccc(F)cc1.[K+]. The molecule has 88 valence electrons. The second-order valence-corrected chi connectivity index (χ2v) is 3.30. The Hall–Kier alpha value is 0.111. The number of nitrogens with one attached hydrogen (secondary N) is 1. The number of benzene rings is 1. The van der Waals surface area contributed by atoms with Gasteiger partial charge >= 0.3 is 58.4 Å². The molecule has 0 aliphatic rings. The molecular formula is C9H9BF4KNO. The maximum absolute atomic E-state index is 12.5. The third-order valence-electron chi connectivity index (χ3n) is 1.83. The van der Waals surface area contributed by atoms with Gasteiger partial charge in [0.25, 0.3) is 0 Å². The van der Waals surface area contributed by atoms with Gasteiger partial charge in [0, 0.05) is 12.1 Å². The van der Waals surface area contributed by atoms with Gasteiger partial charge in [0.15, 0.2) is 0 Å². The van der Waals surface area contributed by atoms with Gasteiger partial charge in [0.1, 0.15) is 5.82 Å². The summed E-state index contributed by atoms with van der Waals surface area (Å²) >= 11 is 0. The summed E-state index contributed by atoms with van der Waals surface area (Å²) in [5, 5.41) is 2.25. The Labute approximate surface area is 139 Å². The van der Waals surface area contributed by atoms with Crippen molar-refractivity contribution in [3.63, 3.8) is 0 Å². The fraction of sp³-hybridized carbons (Fsp3) is 0.222. The molecule has 1 N–H and O–H groups in total. The van der Waals surface area contributed by atoms with Gasteiger partial charge in [-0.15, -0.1) is 0 Å². The van der Waals surface area contributed by atoms with Crippen molar-refractivity contribution in [2.75, 3.05) is 5.32 Å². The Kier molecular flexibility index (Phi) is 7.57. The van der Waals surface area contributed by atoms with Crippen LogP contribution in [0, 0.1) is 5.82 Å². The first-order chi connectivity index (χ1) is 7.37. The van der Waals surface area contributed by atoms with E-state index in [-0.39, 0.29) is 57.1 Å². The number of hydrogen-bond acceptors (Lipinski definition) is 1. The van der Waals surface area contributed by atoms with Gasteiger partial charge in [0.2, 0.25) is 5.91 Å². The fourth-order valence-corrected chi connectivity index (χ4v) is 1.05. The van der Waals surface area contributed by atoms with Gasteiger partial charge < -0.3 is 18.3 Å². The standard InChI is InChI=1S/C9H9BF4NO.K/c11-7-1-3-8(4-2-7)15-9(16)5-6-10(12,13)14;/h1-4H,5-6H2,(H,15,16);/q-1;+1. The third-order valence-corrected chi connectivity index (χ3v) is 1.83. The van der Waals surface area contributed by atoms with E-state index in [0.29, 0.717) is 0 Å². The monoisotopic (exact) mass is 273 g/mol. The van der Waals surface area contributed by atoms with Crippen molar-refractivity contribution in [3.05, 3.63) is 30.1 Å². The zero-order valence-corrected chi connectivity index (χ0v) is 12.3. The molecule has 0 aromatic heterocycles. The van der Waals surface area contributed by atoms with Crippen molar-refractivity contribution in [1.29, 1.82) is 0 Å². The summed E-state index contributed by atoms with van der Waals surface area (Å²) in [5.74, 6) is -1.21. The number of carbonyl (C=O) groups excluding carboxylic acids is 1. The maximum atomic E-state index is 12.5. The summed E-state index contributed by atoms with van der Waals surface area (Å²) in [6.07, 6.45) is -1.71. The van der Waals surface area contributed by atoms with E-state index >= 15 is 0 Å². The molecule has 0 radical (unpaired) electrons. The molecule has 0 heterocycles. The summed E-state index contributed by atoms with van der Waals surface area (Å²) < 4.78 is 48.0. The van der Waals surface area contributed by atoms with Crippen molar-refractivity contribution in [2.45, 2.75) is 12.7 Å². The second kappa shape index (κ2) is 7.52. The fourth-order valence-electron chi connectivity index (χ4n) is 1.05. The van der Waals surface area contributed by atoms with E-state index in [0.717, 1.165) is 12.1 Å². The number of amides is 1. The third kappa shape index (κ3) is 7.93. The van der Waals surface area contributed by atoms with E-state index in [2.05, 4.69) is 5.32 Å². The molecule has 0 aliphatic heterocycles. The molecule has 1 amide bonds. The second-order valence-electron chi connectivity index (χ2n) is 3.30. The Morgan fingerprint density at radius 3 is 2.18 bits per heavy atom. The average molecular weight is 273 g/mol. The van der Waals surface area contributed by atoms with Gasteiger partial charge in [-0.05, 0) is 24.3 Å². The van der Waals surface area contributed by atoms with Crippen LogP contribution in [-0.4, -0.2) is 12.9 Å². The molecule has 1 aromatic rings. The molecule has 1 aromatic carbocycles. The van der Waals surface area contributed by atoms with Crippen molar-refractivity contribution in [2.24, 2.45) is 0 Å². The topological polar surface area (TPSA) is 29.1 Å². The van der Waals surface area contributed by atoms with Gasteiger partial charge in [-0.3, -0.25) is 4.79 Å². The van der Waals surface area contributed by atoms with E-state index in [1.54, 1.807) is 0 Å². The van der Waals surface area contributed by atoms with Gasteiger partial charge in [0.05, 0.1) is 0 Å². The molecule has 0 atom stereocenters. The summed E-state index contributed by atoms with van der Waals surface area (Å²) in [4.78, 5) is 11.0. The van der Waals surface area contributed by atoms with Crippen LogP contribution in [0.5, 0.6) is 0 Å². The van der Waals surface area contributed by atoms with Crippen LogP contribution in [0.1, 0.15) is 6.42 Å². The average Bonchev–Trinajstić information content (AvgIpc) is 2.18. The quantitative estimate of drug-likeness (QED) is 0.607. The minimum Gasteiger partial charge on any atom is -0.449 e. The van der Waals surface area contributed by atoms with E-state index in [4.69, 9.17) is 0 Å². The first-order valence-corrected chi connectivity index (χ1v) is 4.63. The molecule has 2 nitrogen and oxygen atoms in total. The summed E-state index contributed by atoms with van der Waals surface area (Å²) in [6.45, 7) is -4.94. The van der Waals surface area contributed by atoms with Crippen LogP contribution in [0.4, 0.5) is 23.0 Å². The molecule has 0 aliphatic carbocycles. The summed E-state index contributed by atoms with van der Waals surface area (Å²) in [5.41, 5.74) is 0.279. The largest absolute Gasteiger partial charge is 1.00 e. The molecule has 0 fully saturated rings. The number of hydrogen-bond donors (Lipinski definition) is 1. The van der Waals surface area contributed by atoms with Crippen LogP contribution in [-0.2, 0) is 4.79 Å². The molecule has 0 saturated heterocycles. The van der Waals surface area contributed by atoms with E-state index in [1.165, 1.54) is 12.1 Å². The van der Waals surface area contributed by atoms with Crippen LogP contribution < -0.4 is 56.7 Å². The smallest absolute Gasteiger partial charge is 0.449 e. The predicted octanol–water partition coefficient (Wildman–Crippen LogP) is 0.00570. The van der Waals surface area contributed by atoms with Crippen molar-refractivity contribution in [3.8, 4) is 0 Å². The minimum atomic E-state index is -4.94. The van der Waals surface area contributed by atoms with Gasteiger partial charge in [-0.1, -0.05) is 6.32 Å². The molecule has 0 unspecified atom stereocenters. The zero-order chi connectivity index (χ0) is 12.2. The number of anilines is 1. The van der Waals surface area contributed by atoms with Crippen LogP contribution in [0.15, 0.2) is 24.3 Å². The van der Waals surface area contributed by atoms with Crippen molar-refractivity contribution in [1.82, 2.24) is 0 Å². The van der Waals surface area contributed by atoms with Crippen LogP contribution >= 0.6 is 0 Å². The van der Waals surface area contributed by atoms with Crippen molar-refractivity contribution < 1.29 is 73.5 Å². The van der Waals surface area contributed by atoms with Gasteiger partial charge in [-0.2, -0.15) is 0 Å². The first kappa shape index (κ1) is 17.1. The van der Waals surface area contributed by atoms with Crippen LogP contribution in [0.2, 0.25) is 6.32 Å². The Bertz CT molecular complexity index is 368. The predicted molar refractivity (Wildman–Crippen MR) is 53.5 cm³/mol. The number of carbonyl (C=O) groups is 1.